The van der Waals surface area contributed by atoms with Crippen LogP contribution in [-0.4, -0.2) is 26.8 Å². The third kappa shape index (κ3) is 4.11. The van der Waals surface area contributed by atoms with Crippen molar-refractivity contribution in [1.82, 2.24) is 0 Å². The van der Waals surface area contributed by atoms with Crippen molar-refractivity contribution in [3.63, 3.8) is 0 Å². The van der Waals surface area contributed by atoms with E-state index in [2.05, 4.69) is 15.9 Å². The lowest BCUT2D eigenvalue weighted by molar-refractivity contribution is -0.143. The summed E-state index contributed by atoms with van der Waals surface area (Å²) in [5, 5.41) is 0. The van der Waals surface area contributed by atoms with Crippen molar-refractivity contribution >= 4 is 21.9 Å². The molecule has 0 bridgehead atoms. The second kappa shape index (κ2) is 7.35. The summed E-state index contributed by atoms with van der Waals surface area (Å²) in [5.74, 6) is 0.887. The minimum atomic E-state index is -0.463. The number of esters is 1. The molecule has 6 heteroatoms. The highest BCUT2D eigenvalue weighted by atomic mass is 79.9. The summed E-state index contributed by atoms with van der Waals surface area (Å²) in [6, 6.07) is 3.09. The predicted molar refractivity (Wildman–Crippen MR) is 75.4 cm³/mol. The third-order valence-corrected chi connectivity index (χ3v) is 3.37. The van der Waals surface area contributed by atoms with Gasteiger partial charge in [0.2, 0.25) is 0 Å². The van der Waals surface area contributed by atoms with E-state index in [0.29, 0.717) is 22.6 Å². The highest BCUT2D eigenvalue weighted by Crippen LogP contribution is 2.37. The Morgan fingerprint density at radius 1 is 1.32 bits per heavy atom. The van der Waals surface area contributed by atoms with Crippen molar-refractivity contribution < 1.29 is 19.0 Å². The van der Waals surface area contributed by atoms with E-state index < -0.39 is 6.04 Å². The van der Waals surface area contributed by atoms with Crippen molar-refractivity contribution in [2.24, 2.45) is 5.73 Å². The number of nitrogens with two attached hydrogens (primary N) is 1. The molecular formula is C13H18BrNO4. The summed E-state index contributed by atoms with van der Waals surface area (Å²) in [7, 11) is 3.11. The lowest BCUT2D eigenvalue weighted by atomic mass is 10.0. The van der Waals surface area contributed by atoms with Crippen LogP contribution in [0.2, 0.25) is 0 Å². The van der Waals surface area contributed by atoms with Crippen molar-refractivity contribution in [3.05, 3.63) is 22.2 Å². The van der Waals surface area contributed by atoms with E-state index in [1.54, 1.807) is 33.3 Å². The van der Waals surface area contributed by atoms with E-state index in [9.17, 15) is 4.79 Å². The van der Waals surface area contributed by atoms with Crippen LogP contribution in [0.5, 0.6) is 11.5 Å². The first-order valence-electron chi connectivity index (χ1n) is 5.86. The van der Waals surface area contributed by atoms with Gasteiger partial charge < -0.3 is 19.9 Å². The van der Waals surface area contributed by atoms with Gasteiger partial charge in [0.15, 0.2) is 0 Å². The molecule has 106 valence electrons. The third-order valence-electron chi connectivity index (χ3n) is 2.59. The molecule has 0 spiro atoms. The molecule has 0 fully saturated rings. The lowest BCUT2D eigenvalue weighted by Crippen LogP contribution is -2.17. The average molecular weight is 332 g/mol. The van der Waals surface area contributed by atoms with Gasteiger partial charge in [-0.1, -0.05) is 0 Å². The Hall–Kier alpha value is -1.27. The number of hydrogen-bond donors (Lipinski definition) is 1. The first-order valence-corrected chi connectivity index (χ1v) is 6.65. The Balaban J connectivity index is 2.96. The summed E-state index contributed by atoms with van der Waals surface area (Å²) in [5.41, 5.74) is 6.75. The number of carbonyl (C=O) groups excluding carboxylic acids is 1. The van der Waals surface area contributed by atoms with E-state index >= 15 is 0 Å². The van der Waals surface area contributed by atoms with Crippen LogP contribution in [0.4, 0.5) is 0 Å². The molecule has 0 radical (unpaired) electrons. The van der Waals surface area contributed by atoms with Gasteiger partial charge in [0.05, 0.1) is 27.2 Å². The summed E-state index contributed by atoms with van der Waals surface area (Å²) in [4.78, 5) is 11.4. The Morgan fingerprint density at radius 2 is 1.84 bits per heavy atom. The zero-order valence-corrected chi connectivity index (χ0v) is 12.8. The largest absolute Gasteiger partial charge is 0.495 e. The zero-order valence-electron chi connectivity index (χ0n) is 11.2. The van der Waals surface area contributed by atoms with Crippen molar-refractivity contribution in [2.75, 3.05) is 20.8 Å². The molecule has 1 aromatic rings. The number of carbonyl (C=O) groups is 1. The molecule has 2 N–H and O–H groups in total. The fourth-order valence-corrected chi connectivity index (χ4v) is 2.17. The Kier molecular flexibility index (Phi) is 6.11. The van der Waals surface area contributed by atoms with Crippen LogP contribution in [0.25, 0.3) is 0 Å². The minimum Gasteiger partial charge on any atom is -0.495 e. The quantitative estimate of drug-likeness (QED) is 0.810. The predicted octanol–water partition coefficient (Wildman–Crippen LogP) is 2.42. The summed E-state index contributed by atoms with van der Waals surface area (Å²) in [6.45, 7) is 2.10. The molecule has 0 aromatic heterocycles. The number of ether oxygens (including phenoxy) is 3. The fraction of sp³-hybridized carbons (Fsp3) is 0.462. The molecule has 0 saturated heterocycles. The SMILES string of the molecule is CCOC(=O)C[C@H](N)c1cc(OC)c(Br)c(OC)c1. The van der Waals surface area contributed by atoms with Crippen LogP contribution in [0, 0.1) is 0 Å². The van der Waals surface area contributed by atoms with E-state index in [0.717, 1.165) is 5.56 Å². The number of benzene rings is 1. The highest BCUT2D eigenvalue weighted by Gasteiger charge is 2.17. The number of halogens is 1. The average Bonchev–Trinajstić information content (AvgIpc) is 2.39. The summed E-state index contributed by atoms with van der Waals surface area (Å²) < 4.78 is 16.1. The van der Waals surface area contributed by atoms with Gasteiger partial charge in [-0.05, 0) is 40.5 Å². The van der Waals surface area contributed by atoms with Gasteiger partial charge in [-0.2, -0.15) is 0 Å². The molecule has 0 saturated carbocycles. The maximum atomic E-state index is 11.4. The van der Waals surface area contributed by atoms with E-state index in [4.69, 9.17) is 19.9 Å². The standard InChI is InChI=1S/C13H18BrNO4/c1-4-19-12(16)7-9(15)8-5-10(17-2)13(14)11(6-8)18-3/h5-6,9H,4,7,15H2,1-3H3/t9-/m0/s1. The van der Waals surface area contributed by atoms with Gasteiger partial charge in [-0.25, -0.2) is 0 Å². The first kappa shape index (κ1) is 15.8. The maximum Gasteiger partial charge on any atom is 0.307 e. The smallest absolute Gasteiger partial charge is 0.307 e. The topological polar surface area (TPSA) is 70.8 Å². The molecule has 1 rings (SSSR count). The molecule has 0 aliphatic heterocycles. The Morgan fingerprint density at radius 3 is 2.26 bits per heavy atom. The van der Waals surface area contributed by atoms with Crippen LogP contribution < -0.4 is 15.2 Å². The molecule has 1 atom stereocenters. The van der Waals surface area contributed by atoms with E-state index in [-0.39, 0.29) is 12.4 Å². The van der Waals surface area contributed by atoms with Crippen LogP contribution in [0.3, 0.4) is 0 Å². The highest BCUT2D eigenvalue weighted by molar-refractivity contribution is 9.10. The van der Waals surface area contributed by atoms with Gasteiger partial charge in [0.25, 0.3) is 0 Å². The number of methoxy groups -OCH3 is 2. The molecule has 0 amide bonds. The summed E-state index contributed by atoms with van der Waals surface area (Å²) >= 11 is 3.38. The van der Waals surface area contributed by atoms with E-state index in [1.165, 1.54) is 0 Å². The molecule has 0 aliphatic carbocycles. The van der Waals surface area contributed by atoms with Crippen LogP contribution >= 0.6 is 15.9 Å². The van der Waals surface area contributed by atoms with Gasteiger partial charge in [-0.15, -0.1) is 0 Å². The van der Waals surface area contributed by atoms with Gasteiger partial charge in [0.1, 0.15) is 16.0 Å². The fourth-order valence-electron chi connectivity index (χ4n) is 1.62. The van der Waals surface area contributed by atoms with Crippen LogP contribution in [0.15, 0.2) is 16.6 Å². The Bertz CT molecular complexity index is 425. The second-order valence-electron chi connectivity index (χ2n) is 3.86. The van der Waals surface area contributed by atoms with Crippen molar-refractivity contribution in [1.29, 1.82) is 0 Å². The molecule has 19 heavy (non-hydrogen) atoms. The monoisotopic (exact) mass is 331 g/mol. The van der Waals surface area contributed by atoms with E-state index in [1.807, 2.05) is 0 Å². The Labute approximate surface area is 121 Å². The molecule has 5 nitrogen and oxygen atoms in total. The van der Waals surface area contributed by atoms with Gasteiger partial charge >= 0.3 is 5.97 Å². The minimum absolute atomic E-state index is 0.113. The van der Waals surface area contributed by atoms with Crippen molar-refractivity contribution in [2.45, 2.75) is 19.4 Å². The molecule has 0 heterocycles. The molecule has 1 aromatic carbocycles. The second-order valence-corrected chi connectivity index (χ2v) is 4.65. The molecule has 0 aliphatic rings. The van der Waals surface area contributed by atoms with Gasteiger partial charge in [0, 0.05) is 6.04 Å². The lowest BCUT2D eigenvalue weighted by Gasteiger charge is -2.15. The van der Waals surface area contributed by atoms with Crippen molar-refractivity contribution in [3.8, 4) is 11.5 Å². The van der Waals surface area contributed by atoms with Crippen LogP contribution in [-0.2, 0) is 9.53 Å². The normalized spacial score (nSPS) is 11.8. The zero-order chi connectivity index (χ0) is 14.4. The molecule has 0 unspecified atom stereocenters. The van der Waals surface area contributed by atoms with Crippen LogP contribution in [0.1, 0.15) is 24.9 Å². The maximum absolute atomic E-state index is 11.4. The summed E-state index contributed by atoms with van der Waals surface area (Å²) in [6.07, 6.45) is 0.113. The number of hydrogen-bond acceptors (Lipinski definition) is 5. The molecular weight excluding hydrogens is 314 g/mol. The number of rotatable bonds is 6. The van der Waals surface area contributed by atoms with Gasteiger partial charge in [-0.3, -0.25) is 4.79 Å². The first-order chi connectivity index (χ1) is 9.03.